The van der Waals surface area contributed by atoms with E-state index in [0.717, 1.165) is 19.5 Å². The Bertz CT molecular complexity index is 385. The number of nitrogens with zero attached hydrogens (tertiary/aromatic N) is 1. The molecule has 1 saturated heterocycles. The van der Waals surface area contributed by atoms with Crippen molar-refractivity contribution in [1.82, 2.24) is 15.5 Å². The van der Waals surface area contributed by atoms with Crippen molar-refractivity contribution in [2.24, 2.45) is 11.8 Å². The molecule has 6 heteroatoms. The Balaban J connectivity index is 2.49. The van der Waals surface area contributed by atoms with Gasteiger partial charge in [-0.3, -0.25) is 4.79 Å². The minimum Gasteiger partial charge on any atom is -0.453 e. The fraction of sp³-hybridized carbons (Fsp3) is 0.882. The van der Waals surface area contributed by atoms with Crippen LogP contribution in [0.1, 0.15) is 47.0 Å². The van der Waals surface area contributed by atoms with Crippen LogP contribution >= 0.6 is 0 Å². The number of alkyl carbamates (subject to hydrolysis) is 1. The second-order valence-electron chi connectivity index (χ2n) is 7.16. The van der Waals surface area contributed by atoms with Crippen LogP contribution in [0.15, 0.2) is 0 Å². The van der Waals surface area contributed by atoms with Gasteiger partial charge in [0.05, 0.1) is 7.11 Å². The van der Waals surface area contributed by atoms with Crippen molar-refractivity contribution < 1.29 is 14.3 Å². The van der Waals surface area contributed by atoms with Gasteiger partial charge < -0.3 is 20.3 Å². The molecule has 0 aliphatic carbocycles. The molecular formula is C17H33N3O3. The second-order valence-corrected chi connectivity index (χ2v) is 7.16. The van der Waals surface area contributed by atoms with E-state index in [0.29, 0.717) is 30.8 Å². The maximum absolute atomic E-state index is 12.4. The highest BCUT2D eigenvalue weighted by Gasteiger charge is 2.25. The summed E-state index contributed by atoms with van der Waals surface area (Å²) in [5.41, 5.74) is 0. The molecule has 6 nitrogen and oxygen atoms in total. The average Bonchev–Trinajstić information content (AvgIpc) is 2.51. The van der Waals surface area contributed by atoms with Crippen LogP contribution in [0.3, 0.4) is 0 Å². The predicted octanol–water partition coefficient (Wildman–Crippen LogP) is 1.99. The van der Waals surface area contributed by atoms with Crippen LogP contribution in [-0.2, 0) is 9.53 Å². The normalized spacial score (nSPS) is 20.4. The van der Waals surface area contributed by atoms with E-state index >= 15 is 0 Å². The Hall–Kier alpha value is -1.30. The number of carbonyl (C=O) groups excluding carboxylic acids is 2. The summed E-state index contributed by atoms with van der Waals surface area (Å²) in [5, 5.41) is 5.64. The molecule has 1 aliphatic heterocycles. The maximum atomic E-state index is 12.4. The maximum Gasteiger partial charge on any atom is 0.407 e. The first-order chi connectivity index (χ1) is 10.8. The third-order valence-corrected chi connectivity index (χ3v) is 4.35. The lowest BCUT2D eigenvalue weighted by atomic mass is 9.96. The lowest BCUT2D eigenvalue weighted by Gasteiger charge is -2.35. The van der Waals surface area contributed by atoms with Crippen LogP contribution in [-0.4, -0.2) is 55.7 Å². The van der Waals surface area contributed by atoms with E-state index in [9.17, 15) is 9.59 Å². The minimum atomic E-state index is -0.561. The van der Waals surface area contributed by atoms with Crippen molar-refractivity contribution in [3.05, 3.63) is 0 Å². The molecule has 1 rings (SSSR count). The summed E-state index contributed by atoms with van der Waals surface area (Å²) in [6.45, 7) is 11.3. The van der Waals surface area contributed by atoms with Gasteiger partial charge in [-0.1, -0.05) is 13.8 Å². The van der Waals surface area contributed by atoms with E-state index in [1.54, 1.807) is 0 Å². The third kappa shape index (κ3) is 7.20. The van der Waals surface area contributed by atoms with Gasteiger partial charge in [-0.2, -0.15) is 0 Å². The van der Waals surface area contributed by atoms with Crippen molar-refractivity contribution in [2.45, 2.75) is 59.0 Å². The number of methoxy groups -OCH3 is 1. The molecule has 0 bridgehead atoms. The van der Waals surface area contributed by atoms with Crippen molar-refractivity contribution in [3.8, 4) is 0 Å². The van der Waals surface area contributed by atoms with Gasteiger partial charge >= 0.3 is 6.09 Å². The van der Waals surface area contributed by atoms with Gasteiger partial charge in [0.1, 0.15) is 6.04 Å². The minimum absolute atomic E-state index is 0.120. The third-order valence-electron chi connectivity index (χ3n) is 4.35. The number of hydrogen-bond acceptors (Lipinski definition) is 4. The molecule has 1 aliphatic rings. The molecule has 0 spiro atoms. The summed E-state index contributed by atoms with van der Waals surface area (Å²) in [6.07, 6.45) is 2.36. The highest BCUT2D eigenvalue weighted by atomic mass is 16.5. The molecule has 0 aromatic carbocycles. The van der Waals surface area contributed by atoms with Gasteiger partial charge in [0.25, 0.3) is 0 Å². The summed E-state index contributed by atoms with van der Waals surface area (Å²) in [4.78, 5) is 26.3. The van der Waals surface area contributed by atoms with E-state index in [-0.39, 0.29) is 5.91 Å². The fourth-order valence-corrected chi connectivity index (χ4v) is 3.01. The van der Waals surface area contributed by atoms with Gasteiger partial charge in [-0.15, -0.1) is 0 Å². The van der Waals surface area contributed by atoms with Crippen LogP contribution < -0.4 is 10.6 Å². The first-order valence-electron chi connectivity index (χ1n) is 8.69. The average molecular weight is 327 g/mol. The van der Waals surface area contributed by atoms with Gasteiger partial charge in [-0.05, 0) is 51.5 Å². The zero-order valence-electron chi connectivity index (χ0n) is 15.2. The van der Waals surface area contributed by atoms with E-state index < -0.39 is 12.1 Å². The van der Waals surface area contributed by atoms with Gasteiger partial charge in [0.2, 0.25) is 5.91 Å². The number of ether oxygens (including phenoxy) is 1. The smallest absolute Gasteiger partial charge is 0.407 e. The molecule has 2 atom stereocenters. The second kappa shape index (κ2) is 9.75. The molecule has 2 N–H and O–H groups in total. The molecule has 1 fully saturated rings. The molecule has 0 unspecified atom stereocenters. The van der Waals surface area contributed by atoms with E-state index in [1.807, 2.05) is 13.8 Å². The van der Waals surface area contributed by atoms with Crippen LogP contribution in [0.25, 0.3) is 0 Å². The molecule has 1 heterocycles. The monoisotopic (exact) mass is 327 g/mol. The zero-order chi connectivity index (χ0) is 17.4. The van der Waals surface area contributed by atoms with E-state index in [2.05, 4.69) is 34.1 Å². The Morgan fingerprint density at radius 2 is 1.96 bits per heavy atom. The van der Waals surface area contributed by atoms with E-state index in [4.69, 9.17) is 0 Å². The molecule has 0 aromatic heterocycles. The Morgan fingerprint density at radius 1 is 1.26 bits per heavy atom. The van der Waals surface area contributed by atoms with Gasteiger partial charge in [0, 0.05) is 19.1 Å². The largest absolute Gasteiger partial charge is 0.453 e. The molecule has 0 saturated carbocycles. The molecule has 0 radical (unpaired) electrons. The Labute approximate surface area is 140 Å². The number of hydrogen-bond donors (Lipinski definition) is 2. The van der Waals surface area contributed by atoms with Crippen molar-refractivity contribution in [2.75, 3.05) is 26.7 Å². The number of piperidine rings is 1. The van der Waals surface area contributed by atoms with Crippen molar-refractivity contribution in [1.29, 1.82) is 0 Å². The first-order valence-corrected chi connectivity index (χ1v) is 8.69. The van der Waals surface area contributed by atoms with Gasteiger partial charge in [0.15, 0.2) is 0 Å². The number of nitrogens with one attached hydrogen (secondary N) is 2. The highest BCUT2D eigenvalue weighted by Crippen LogP contribution is 2.17. The topological polar surface area (TPSA) is 70.7 Å². The molecule has 23 heavy (non-hydrogen) atoms. The first kappa shape index (κ1) is 19.7. The summed E-state index contributed by atoms with van der Waals surface area (Å²) in [7, 11) is 1.31. The number of amides is 2. The van der Waals surface area contributed by atoms with Crippen molar-refractivity contribution >= 4 is 12.0 Å². The lowest BCUT2D eigenvalue weighted by molar-refractivity contribution is -0.123. The standard InChI is InChI=1S/C17H33N3O3/c1-12(2)9-15(19-17(22)23-5)16(21)18-10-14-7-6-8-20(11-14)13(3)4/h12-15H,6-11H2,1-5H3,(H,18,21)(H,19,22)/t14-,15-/m1/s1. The van der Waals surface area contributed by atoms with Crippen LogP contribution in [0.4, 0.5) is 4.79 Å². The van der Waals surface area contributed by atoms with Crippen LogP contribution in [0, 0.1) is 11.8 Å². The Kier molecular flexibility index (Phi) is 8.37. The zero-order valence-corrected chi connectivity index (χ0v) is 15.2. The lowest BCUT2D eigenvalue weighted by Crippen LogP contribution is -2.50. The summed E-state index contributed by atoms with van der Waals surface area (Å²) in [5.74, 6) is 0.674. The fourth-order valence-electron chi connectivity index (χ4n) is 3.01. The molecule has 2 amide bonds. The SMILES string of the molecule is COC(=O)N[C@H](CC(C)C)C(=O)NC[C@H]1CCCN(C(C)C)C1. The summed E-state index contributed by atoms with van der Waals surface area (Å²) in [6, 6.07) is 0.00965. The molecule has 0 aromatic rings. The van der Waals surface area contributed by atoms with Gasteiger partial charge in [-0.25, -0.2) is 4.79 Å². The number of likely N-dealkylation sites (tertiary alicyclic amines) is 1. The Morgan fingerprint density at radius 3 is 2.52 bits per heavy atom. The predicted molar refractivity (Wildman–Crippen MR) is 91.2 cm³/mol. The van der Waals surface area contributed by atoms with Crippen LogP contribution in [0.5, 0.6) is 0 Å². The summed E-state index contributed by atoms with van der Waals surface area (Å²) >= 11 is 0. The molecule has 134 valence electrons. The molecular weight excluding hydrogens is 294 g/mol. The number of carbonyl (C=O) groups is 2. The van der Waals surface area contributed by atoms with Crippen LogP contribution in [0.2, 0.25) is 0 Å². The highest BCUT2D eigenvalue weighted by molar-refractivity contribution is 5.85. The summed E-state index contributed by atoms with van der Waals surface area (Å²) < 4.78 is 4.61. The van der Waals surface area contributed by atoms with Crippen molar-refractivity contribution in [3.63, 3.8) is 0 Å². The number of rotatable bonds is 7. The quantitative estimate of drug-likeness (QED) is 0.750. The van der Waals surface area contributed by atoms with E-state index in [1.165, 1.54) is 13.5 Å².